The number of aromatic nitrogens is 3. The first-order valence-corrected chi connectivity index (χ1v) is 12.7. The van der Waals surface area contributed by atoms with E-state index in [9.17, 15) is 4.79 Å². The fourth-order valence-corrected chi connectivity index (χ4v) is 5.17. The Morgan fingerprint density at radius 1 is 1.05 bits per heavy atom. The zero-order valence-electron chi connectivity index (χ0n) is 19.6. The van der Waals surface area contributed by atoms with Gasteiger partial charge in [0.15, 0.2) is 0 Å². The Hall–Kier alpha value is -3.81. The molecule has 2 aromatic carbocycles. The molecule has 1 aliphatic carbocycles. The monoisotopic (exact) mass is 532 g/mol. The van der Waals surface area contributed by atoms with E-state index in [4.69, 9.17) is 32.7 Å². The van der Waals surface area contributed by atoms with Crippen LogP contribution in [-0.4, -0.2) is 37.9 Å². The van der Waals surface area contributed by atoms with Gasteiger partial charge in [0.1, 0.15) is 17.5 Å². The second-order valence-corrected chi connectivity index (χ2v) is 9.85. The summed E-state index contributed by atoms with van der Waals surface area (Å²) in [6.45, 7) is 0.493. The Bertz CT molecular complexity index is 1550. The summed E-state index contributed by atoms with van der Waals surface area (Å²) < 4.78 is 11.5. The molecule has 4 aromatic rings. The van der Waals surface area contributed by atoms with E-state index in [1.165, 1.54) is 5.56 Å². The van der Waals surface area contributed by atoms with Crippen LogP contribution in [0.5, 0.6) is 17.4 Å². The molecule has 1 N–H and O–H groups in total. The van der Waals surface area contributed by atoms with Crippen LogP contribution in [0, 0.1) is 0 Å². The number of alkyl halides is 1. The maximum atomic E-state index is 13.4. The lowest BCUT2D eigenvalue weighted by Crippen LogP contribution is -2.43. The van der Waals surface area contributed by atoms with Crippen LogP contribution >= 0.6 is 23.2 Å². The summed E-state index contributed by atoms with van der Waals surface area (Å²) >= 11 is 12.4. The molecule has 2 aliphatic rings. The Morgan fingerprint density at radius 2 is 1.84 bits per heavy atom. The summed E-state index contributed by atoms with van der Waals surface area (Å²) in [4.78, 5) is 26.9. The first-order valence-electron chi connectivity index (χ1n) is 11.9. The molecule has 3 heterocycles. The molecular formula is C28H22Cl2N4O3. The standard InChI is InChI=1S/C28H22Cl2N4O3/c29-18-3-8-21(9-4-18)37-28(35)34-14-11-22-23-15-19(30)5-10-24(23)33-26(22)27(34)17-1-6-20(7-2-17)36-25-16-31-12-13-32-25/h1-4,6-10,12-13,15-16,19,27,33H,5,11,14H2/t19?,27-/m0/s1. The summed E-state index contributed by atoms with van der Waals surface area (Å²) in [6.07, 6.45) is 9.95. The molecule has 37 heavy (non-hydrogen) atoms. The molecule has 0 saturated heterocycles. The van der Waals surface area contributed by atoms with Crippen molar-refractivity contribution in [3.63, 3.8) is 0 Å². The average Bonchev–Trinajstić information content (AvgIpc) is 3.28. The van der Waals surface area contributed by atoms with Crippen LogP contribution in [0.25, 0.3) is 12.2 Å². The van der Waals surface area contributed by atoms with E-state index in [2.05, 4.69) is 27.1 Å². The van der Waals surface area contributed by atoms with Crippen LogP contribution in [0.3, 0.4) is 0 Å². The number of hydrogen-bond acceptors (Lipinski definition) is 5. The van der Waals surface area contributed by atoms with E-state index in [-0.39, 0.29) is 11.4 Å². The second kappa shape index (κ2) is 9.92. The molecule has 1 unspecified atom stereocenters. The van der Waals surface area contributed by atoms with Gasteiger partial charge < -0.3 is 14.5 Å². The predicted molar refractivity (Wildman–Crippen MR) is 142 cm³/mol. The Labute approximate surface area is 223 Å². The third-order valence-electron chi connectivity index (χ3n) is 6.50. The number of aromatic amines is 1. The van der Waals surface area contributed by atoms with Gasteiger partial charge in [-0.15, -0.1) is 11.6 Å². The summed E-state index contributed by atoms with van der Waals surface area (Å²) in [7, 11) is 0. The number of benzene rings is 2. The fraction of sp³-hybridized carbons (Fsp3) is 0.179. The maximum absolute atomic E-state index is 13.4. The number of ether oxygens (including phenoxy) is 2. The molecule has 7 nitrogen and oxygen atoms in total. The number of amides is 1. The van der Waals surface area contributed by atoms with E-state index in [0.29, 0.717) is 35.4 Å². The lowest BCUT2D eigenvalue weighted by atomic mass is 9.92. The summed E-state index contributed by atoms with van der Waals surface area (Å²) in [5.74, 6) is 1.46. The Kier molecular flexibility index (Phi) is 6.32. The van der Waals surface area contributed by atoms with Gasteiger partial charge >= 0.3 is 6.09 Å². The summed E-state index contributed by atoms with van der Waals surface area (Å²) in [5, 5.41) is 2.70. The number of H-pyrrole nitrogens is 1. The number of rotatable bonds is 4. The zero-order chi connectivity index (χ0) is 25.4. The van der Waals surface area contributed by atoms with Gasteiger partial charge in [-0.25, -0.2) is 9.78 Å². The van der Waals surface area contributed by atoms with Crippen LogP contribution in [0.15, 0.2) is 67.1 Å². The molecule has 0 bridgehead atoms. The topological polar surface area (TPSA) is 80.3 Å². The van der Waals surface area contributed by atoms with Crippen molar-refractivity contribution < 1.29 is 14.3 Å². The normalized spacial score (nSPS) is 18.2. The molecule has 1 aliphatic heterocycles. The highest BCUT2D eigenvalue weighted by molar-refractivity contribution is 6.30. The lowest BCUT2D eigenvalue weighted by Gasteiger charge is -2.35. The lowest BCUT2D eigenvalue weighted by molar-refractivity contribution is 0.135. The van der Waals surface area contributed by atoms with E-state index in [1.807, 2.05) is 24.3 Å². The molecule has 1 amide bonds. The highest BCUT2D eigenvalue weighted by Crippen LogP contribution is 2.35. The second-order valence-electron chi connectivity index (χ2n) is 8.85. The van der Waals surface area contributed by atoms with Crippen LogP contribution in [0.4, 0.5) is 4.79 Å². The van der Waals surface area contributed by atoms with Gasteiger partial charge in [-0.2, -0.15) is 0 Å². The van der Waals surface area contributed by atoms with Crippen molar-refractivity contribution in [1.82, 2.24) is 19.9 Å². The van der Waals surface area contributed by atoms with E-state index in [0.717, 1.165) is 28.2 Å². The van der Waals surface area contributed by atoms with Gasteiger partial charge in [0.2, 0.25) is 5.88 Å². The highest BCUT2D eigenvalue weighted by Gasteiger charge is 2.35. The third kappa shape index (κ3) is 4.80. The van der Waals surface area contributed by atoms with Gasteiger partial charge in [-0.1, -0.05) is 35.9 Å². The molecule has 6 rings (SSSR count). The minimum atomic E-state index is -0.436. The number of carbonyl (C=O) groups is 1. The SMILES string of the molecule is O=C(Oc1ccc(Cl)cc1)N1CCc2c([nH]c3c2=CC(Cl)CC=3)[C@@H]1c1ccc(Oc2cnccn2)cc1. The zero-order valence-corrected chi connectivity index (χ0v) is 21.1. The van der Waals surface area contributed by atoms with Crippen molar-refractivity contribution in [2.24, 2.45) is 0 Å². The smallest absolute Gasteiger partial charge is 0.416 e. The molecule has 9 heteroatoms. The Morgan fingerprint density at radius 3 is 2.59 bits per heavy atom. The van der Waals surface area contributed by atoms with Crippen LogP contribution in [0.1, 0.15) is 29.3 Å². The van der Waals surface area contributed by atoms with E-state index >= 15 is 0 Å². The number of nitrogens with one attached hydrogen (secondary N) is 1. The Balaban J connectivity index is 1.37. The van der Waals surface area contributed by atoms with E-state index in [1.54, 1.807) is 47.8 Å². The molecule has 2 atom stereocenters. The largest absolute Gasteiger partial charge is 0.438 e. The van der Waals surface area contributed by atoms with Gasteiger partial charge in [0.05, 0.1) is 11.6 Å². The number of hydrogen-bond donors (Lipinski definition) is 1. The van der Waals surface area contributed by atoms with Crippen molar-refractivity contribution in [3.05, 3.63) is 99.5 Å². The number of halogens is 2. The van der Waals surface area contributed by atoms with Crippen LogP contribution in [-0.2, 0) is 6.42 Å². The van der Waals surface area contributed by atoms with Crippen molar-refractivity contribution >= 4 is 41.4 Å². The van der Waals surface area contributed by atoms with Gasteiger partial charge in [-0.3, -0.25) is 9.88 Å². The first kappa shape index (κ1) is 23.6. The summed E-state index contributed by atoms with van der Waals surface area (Å²) in [5.41, 5.74) is 3.06. The minimum Gasteiger partial charge on any atom is -0.438 e. The first-order chi connectivity index (χ1) is 18.0. The fourth-order valence-electron chi connectivity index (χ4n) is 4.83. The molecule has 0 spiro atoms. The molecule has 0 saturated carbocycles. The van der Waals surface area contributed by atoms with Crippen molar-refractivity contribution in [2.45, 2.75) is 24.3 Å². The number of carbonyl (C=O) groups excluding carboxylic acids is 1. The van der Waals surface area contributed by atoms with Gasteiger partial charge in [-0.05, 0) is 60.4 Å². The van der Waals surface area contributed by atoms with Crippen LogP contribution < -0.4 is 20.0 Å². The molecule has 186 valence electrons. The quantitative estimate of drug-likeness (QED) is 0.375. The maximum Gasteiger partial charge on any atom is 0.416 e. The highest BCUT2D eigenvalue weighted by atomic mass is 35.5. The van der Waals surface area contributed by atoms with Crippen LogP contribution in [0.2, 0.25) is 5.02 Å². The van der Waals surface area contributed by atoms with E-state index < -0.39 is 6.09 Å². The minimum absolute atomic E-state index is 0.0451. The molecular weight excluding hydrogens is 511 g/mol. The summed E-state index contributed by atoms with van der Waals surface area (Å²) in [6, 6.07) is 14.0. The number of fused-ring (bicyclic) bond motifs is 3. The molecule has 0 fully saturated rings. The van der Waals surface area contributed by atoms with Crippen molar-refractivity contribution in [2.75, 3.05) is 6.54 Å². The van der Waals surface area contributed by atoms with Gasteiger partial charge in [0, 0.05) is 40.2 Å². The molecule has 0 radical (unpaired) electrons. The van der Waals surface area contributed by atoms with Gasteiger partial charge in [0.25, 0.3) is 0 Å². The molecule has 2 aromatic heterocycles. The van der Waals surface area contributed by atoms with Crippen molar-refractivity contribution in [1.29, 1.82) is 0 Å². The third-order valence-corrected chi connectivity index (χ3v) is 7.06. The number of nitrogens with zero attached hydrogens (tertiary/aromatic N) is 3. The van der Waals surface area contributed by atoms with Crippen molar-refractivity contribution in [3.8, 4) is 17.4 Å². The average molecular weight is 533 g/mol. The predicted octanol–water partition coefficient (Wildman–Crippen LogP) is 4.97.